The van der Waals surface area contributed by atoms with Crippen molar-refractivity contribution in [2.45, 2.75) is 6.92 Å². The van der Waals surface area contributed by atoms with Crippen molar-refractivity contribution >= 4 is 17.3 Å². The zero-order valence-electron chi connectivity index (χ0n) is 9.59. The quantitative estimate of drug-likeness (QED) is 0.611. The molecule has 0 spiro atoms. The highest BCUT2D eigenvalue weighted by molar-refractivity contribution is 6.32. The predicted octanol–water partition coefficient (Wildman–Crippen LogP) is 4.35. The monoisotopic (exact) mass is 263 g/mol. The number of non-ortho nitro benzene ring substituents is 1. The molecule has 2 rings (SSSR count). The van der Waals surface area contributed by atoms with Crippen LogP contribution in [0.25, 0.3) is 0 Å². The SMILES string of the molecule is Cc1ccccc1Oc1ccc([N+](=O)[O-])cc1Cl. The molecule has 2 aromatic carbocycles. The topological polar surface area (TPSA) is 52.4 Å². The van der Waals surface area contributed by atoms with E-state index >= 15 is 0 Å². The number of hydrogen-bond acceptors (Lipinski definition) is 3. The molecule has 0 unspecified atom stereocenters. The van der Waals surface area contributed by atoms with Crippen LogP contribution < -0.4 is 4.74 Å². The Labute approximate surface area is 109 Å². The van der Waals surface area contributed by atoms with Gasteiger partial charge in [-0.25, -0.2) is 0 Å². The fourth-order valence-corrected chi connectivity index (χ4v) is 1.69. The molecule has 18 heavy (non-hydrogen) atoms. The second-order valence-corrected chi connectivity index (χ2v) is 4.15. The molecule has 0 aliphatic rings. The number of nitrogens with zero attached hydrogens (tertiary/aromatic N) is 1. The van der Waals surface area contributed by atoms with Crippen LogP contribution in [0, 0.1) is 17.0 Å². The highest BCUT2D eigenvalue weighted by atomic mass is 35.5. The lowest BCUT2D eigenvalue weighted by Gasteiger charge is -2.09. The Balaban J connectivity index is 2.30. The summed E-state index contributed by atoms with van der Waals surface area (Å²) in [6.07, 6.45) is 0. The van der Waals surface area contributed by atoms with Gasteiger partial charge in [-0.2, -0.15) is 0 Å². The minimum atomic E-state index is -0.497. The van der Waals surface area contributed by atoms with E-state index in [1.54, 1.807) is 0 Å². The number of benzene rings is 2. The first-order valence-electron chi connectivity index (χ1n) is 5.25. The molecule has 0 aliphatic carbocycles. The van der Waals surface area contributed by atoms with Gasteiger partial charge in [0.2, 0.25) is 0 Å². The molecular formula is C13H10ClNO3. The van der Waals surface area contributed by atoms with Gasteiger partial charge in [0.05, 0.1) is 9.95 Å². The van der Waals surface area contributed by atoms with E-state index in [4.69, 9.17) is 16.3 Å². The predicted molar refractivity (Wildman–Crippen MR) is 69.4 cm³/mol. The summed E-state index contributed by atoms with van der Waals surface area (Å²) in [4.78, 5) is 10.1. The van der Waals surface area contributed by atoms with Gasteiger partial charge in [-0.3, -0.25) is 10.1 Å². The van der Waals surface area contributed by atoms with Gasteiger partial charge in [-0.1, -0.05) is 29.8 Å². The van der Waals surface area contributed by atoms with E-state index < -0.39 is 4.92 Å². The highest BCUT2D eigenvalue weighted by Crippen LogP contribution is 2.33. The Morgan fingerprint density at radius 2 is 1.89 bits per heavy atom. The molecule has 0 fully saturated rings. The first-order chi connectivity index (χ1) is 8.58. The lowest BCUT2D eigenvalue weighted by atomic mass is 10.2. The summed E-state index contributed by atoms with van der Waals surface area (Å²) in [6.45, 7) is 1.91. The standard InChI is InChI=1S/C13H10ClNO3/c1-9-4-2-3-5-12(9)18-13-7-6-10(15(16)17)8-11(13)14/h2-8H,1H3. The summed E-state index contributed by atoms with van der Waals surface area (Å²) in [5.41, 5.74) is 0.907. The molecule has 4 nitrogen and oxygen atoms in total. The fourth-order valence-electron chi connectivity index (χ4n) is 1.48. The number of para-hydroxylation sites is 1. The molecule has 2 aromatic rings. The Morgan fingerprint density at radius 1 is 1.17 bits per heavy atom. The summed E-state index contributed by atoms with van der Waals surface area (Å²) in [5.74, 6) is 1.07. The Kier molecular flexibility index (Phi) is 3.48. The lowest BCUT2D eigenvalue weighted by Crippen LogP contribution is -1.91. The van der Waals surface area contributed by atoms with Crippen LogP contribution in [0.4, 0.5) is 5.69 Å². The Morgan fingerprint density at radius 3 is 2.50 bits per heavy atom. The van der Waals surface area contributed by atoms with Crippen LogP contribution in [0.3, 0.4) is 0 Å². The van der Waals surface area contributed by atoms with Crippen LogP contribution >= 0.6 is 11.6 Å². The van der Waals surface area contributed by atoms with Crippen LogP contribution in [0.1, 0.15) is 5.56 Å². The molecular weight excluding hydrogens is 254 g/mol. The lowest BCUT2D eigenvalue weighted by molar-refractivity contribution is -0.384. The maximum absolute atomic E-state index is 10.6. The van der Waals surface area contributed by atoms with Crippen molar-refractivity contribution in [1.29, 1.82) is 0 Å². The van der Waals surface area contributed by atoms with Gasteiger partial charge in [-0.15, -0.1) is 0 Å². The van der Waals surface area contributed by atoms with Gasteiger partial charge in [0.1, 0.15) is 11.5 Å². The largest absolute Gasteiger partial charge is 0.456 e. The van der Waals surface area contributed by atoms with Crippen molar-refractivity contribution < 1.29 is 9.66 Å². The molecule has 0 aliphatic heterocycles. The minimum absolute atomic E-state index is 0.0582. The smallest absolute Gasteiger partial charge is 0.271 e. The van der Waals surface area contributed by atoms with E-state index in [2.05, 4.69) is 0 Å². The third-order valence-electron chi connectivity index (χ3n) is 2.44. The molecule has 0 radical (unpaired) electrons. The molecule has 0 bridgehead atoms. The Hall–Kier alpha value is -2.07. The van der Waals surface area contributed by atoms with Crippen LogP contribution in [0.5, 0.6) is 11.5 Å². The maximum atomic E-state index is 10.6. The number of aryl methyl sites for hydroxylation is 1. The summed E-state index contributed by atoms with van der Waals surface area (Å²) in [5, 5.41) is 10.8. The number of nitro groups is 1. The summed E-state index contributed by atoms with van der Waals surface area (Å²) >= 11 is 5.95. The van der Waals surface area contributed by atoms with Crippen molar-refractivity contribution in [2.24, 2.45) is 0 Å². The maximum Gasteiger partial charge on any atom is 0.271 e. The molecule has 0 aromatic heterocycles. The van der Waals surface area contributed by atoms with Crippen molar-refractivity contribution in [3.8, 4) is 11.5 Å². The third kappa shape index (κ3) is 2.60. The van der Waals surface area contributed by atoms with E-state index in [1.807, 2.05) is 31.2 Å². The van der Waals surface area contributed by atoms with Crippen LogP contribution in [0.15, 0.2) is 42.5 Å². The van der Waals surface area contributed by atoms with Crippen molar-refractivity contribution in [3.63, 3.8) is 0 Å². The van der Waals surface area contributed by atoms with Gasteiger partial charge >= 0.3 is 0 Å². The minimum Gasteiger partial charge on any atom is -0.456 e. The zero-order valence-corrected chi connectivity index (χ0v) is 10.3. The van der Waals surface area contributed by atoms with E-state index in [-0.39, 0.29) is 10.7 Å². The number of ether oxygens (including phenoxy) is 1. The summed E-state index contributed by atoms with van der Waals surface area (Å²) < 4.78 is 5.62. The molecule has 0 atom stereocenters. The first kappa shape index (κ1) is 12.4. The summed E-state index contributed by atoms with van der Waals surface area (Å²) in [7, 11) is 0. The second kappa shape index (κ2) is 5.06. The van der Waals surface area contributed by atoms with Gasteiger partial charge in [0, 0.05) is 12.1 Å². The number of hydrogen-bond donors (Lipinski definition) is 0. The molecule has 0 saturated heterocycles. The van der Waals surface area contributed by atoms with Gasteiger partial charge in [0.25, 0.3) is 5.69 Å². The Bertz CT molecular complexity index is 599. The van der Waals surface area contributed by atoms with Crippen LogP contribution in [0.2, 0.25) is 5.02 Å². The molecule has 0 amide bonds. The second-order valence-electron chi connectivity index (χ2n) is 3.74. The van der Waals surface area contributed by atoms with Gasteiger partial charge < -0.3 is 4.74 Å². The van der Waals surface area contributed by atoms with Crippen molar-refractivity contribution in [3.05, 3.63) is 63.2 Å². The number of nitro benzene ring substituents is 1. The van der Waals surface area contributed by atoms with Crippen LogP contribution in [-0.4, -0.2) is 4.92 Å². The molecule has 5 heteroatoms. The van der Waals surface area contributed by atoms with Crippen LogP contribution in [-0.2, 0) is 0 Å². The highest BCUT2D eigenvalue weighted by Gasteiger charge is 2.11. The fraction of sp³-hybridized carbons (Fsp3) is 0.0769. The van der Waals surface area contributed by atoms with Gasteiger partial charge in [0.15, 0.2) is 0 Å². The average molecular weight is 264 g/mol. The molecule has 0 saturated carbocycles. The molecule has 92 valence electrons. The first-order valence-corrected chi connectivity index (χ1v) is 5.63. The molecule has 0 N–H and O–H groups in total. The van der Waals surface area contributed by atoms with Gasteiger partial charge in [-0.05, 0) is 24.6 Å². The van der Waals surface area contributed by atoms with E-state index in [1.165, 1.54) is 18.2 Å². The van der Waals surface area contributed by atoms with E-state index in [0.717, 1.165) is 5.56 Å². The van der Waals surface area contributed by atoms with E-state index in [9.17, 15) is 10.1 Å². The zero-order chi connectivity index (χ0) is 13.1. The van der Waals surface area contributed by atoms with Crippen molar-refractivity contribution in [1.82, 2.24) is 0 Å². The third-order valence-corrected chi connectivity index (χ3v) is 2.74. The normalized spacial score (nSPS) is 10.1. The molecule has 0 heterocycles. The number of halogens is 1. The van der Waals surface area contributed by atoms with E-state index in [0.29, 0.717) is 11.5 Å². The number of rotatable bonds is 3. The average Bonchev–Trinajstić information content (AvgIpc) is 2.34. The summed E-state index contributed by atoms with van der Waals surface area (Å²) in [6, 6.07) is 11.6. The van der Waals surface area contributed by atoms with Crippen molar-refractivity contribution in [2.75, 3.05) is 0 Å².